The molecule has 0 aliphatic carbocycles. The molecule has 7 nitrogen and oxygen atoms in total. The van der Waals surface area contributed by atoms with E-state index in [1.54, 1.807) is 0 Å². The van der Waals surface area contributed by atoms with Crippen LogP contribution in [0.5, 0.6) is 0 Å². The lowest BCUT2D eigenvalue weighted by Crippen LogP contribution is -2.28. The standard InChI is InChI=1S/C42H78N2O5/c1-5-7-9-11-13-21-27-36-48-41(46)32-25-19-15-17-23-30-39(38-40(45)43-34-29-35-44(3)4)31-24-18-16-20-26-33-42(47)49-37-28-22-14-12-10-8-6-2/h21-22,27-28,39H,5-20,23-26,29-38H2,1-4H3,(H,43,45). The second kappa shape index (κ2) is 37.1. The van der Waals surface area contributed by atoms with E-state index < -0.39 is 0 Å². The highest BCUT2D eigenvalue weighted by Gasteiger charge is 2.14. The van der Waals surface area contributed by atoms with Gasteiger partial charge in [0.25, 0.3) is 0 Å². The molecule has 286 valence electrons. The quantitative estimate of drug-likeness (QED) is 0.0400. The predicted molar refractivity (Wildman–Crippen MR) is 207 cm³/mol. The normalized spacial score (nSPS) is 12.3. The Hall–Kier alpha value is -2.15. The number of esters is 2. The molecular formula is C42H78N2O5. The van der Waals surface area contributed by atoms with Gasteiger partial charge in [-0.05, 0) is 84.3 Å². The number of hydrogen-bond donors (Lipinski definition) is 1. The number of carbonyl (C=O) groups is 3. The van der Waals surface area contributed by atoms with E-state index in [9.17, 15) is 14.4 Å². The summed E-state index contributed by atoms with van der Waals surface area (Å²) < 4.78 is 10.7. The molecule has 0 radical (unpaired) electrons. The molecule has 0 rings (SSSR count). The van der Waals surface area contributed by atoms with Gasteiger partial charge in [0.1, 0.15) is 13.2 Å². The van der Waals surface area contributed by atoms with Crippen LogP contribution in [0.4, 0.5) is 0 Å². The number of nitrogens with zero attached hydrogens (tertiary/aromatic N) is 1. The number of ether oxygens (including phenoxy) is 2. The zero-order chi connectivity index (χ0) is 36.0. The first kappa shape index (κ1) is 46.9. The molecule has 0 unspecified atom stereocenters. The maximum atomic E-state index is 12.7. The summed E-state index contributed by atoms with van der Waals surface area (Å²) in [6, 6.07) is 0. The van der Waals surface area contributed by atoms with Crippen LogP contribution in [0.3, 0.4) is 0 Å². The number of carbonyl (C=O) groups excluding carboxylic acids is 3. The first-order chi connectivity index (χ1) is 23.9. The van der Waals surface area contributed by atoms with Gasteiger partial charge in [-0.1, -0.05) is 128 Å². The third-order valence-corrected chi connectivity index (χ3v) is 9.03. The van der Waals surface area contributed by atoms with Gasteiger partial charge >= 0.3 is 11.9 Å². The van der Waals surface area contributed by atoms with E-state index in [-0.39, 0.29) is 17.8 Å². The molecule has 0 bridgehead atoms. The maximum absolute atomic E-state index is 12.7. The van der Waals surface area contributed by atoms with Crippen LogP contribution in [0.1, 0.15) is 181 Å². The van der Waals surface area contributed by atoms with Gasteiger partial charge in [0.2, 0.25) is 5.91 Å². The van der Waals surface area contributed by atoms with E-state index in [1.807, 2.05) is 12.2 Å². The summed E-state index contributed by atoms with van der Waals surface area (Å²) in [4.78, 5) is 38.8. The average Bonchev–Trinajstić information content (AvgIpc) is 3.07. The smallest absolute Gasteiger partial charge is 0.306 e. The Bertz CT molecular complexity index is 774. The van der Waals surface area contributed by atoms with Gasteiger partial charge in [-0.25, -0.2) is 0 Å². The number of amides is 1. The van der Waals surface area contributed by atoms with Crippen molar-refractivity contribution in [3.63, 3.8) is 0 Å². The van der Waals surface area contributed by atoms with E-state index in [1.165, 1.54) is 51.4 Å². The maximum Gasteiger partial charge on any atom is 0.306 e. The highest BCUT2D eigenvalue weighted by molar-refractivity contribution is 5.76. The Balaban J connectivity index is 4.16. The summed E-state index contributed by atoms with van der Waals surface area (Å²) in [5.74, 6) is 0.406. The zero-order valence-electron chi connectivity index (χ0n) is 32.6. The Morgan fingerprint density at radius 3 is 1.49 bits per heavy atom. The number of rotatable bonds is 36. The molecule has 0 aromatic rings. The minimum absolute atomic E-state index is 0.0940. The number of nitrogens with one attached hydrogen (secondary N) is 1. The van der Waals surface area contributed by atoms with E-state index in [0.29, 0.717) is 38.4 Å². The lowest BCUT2D eigenvalue weighted by molar-refractivity contribution is -0.143. The fourth-order valence-corrected chi connectivity index (χ4v) is 5.95. The molecule has 0 spiro atoms. The van der Waals surface area contributed by atoms with E-state index in [4.69, 9.17) is 9.47 Å². The molecular weight excluding hydrogens is 612 g/mol. The molecule has 0 fully saturated rings. The van der Waals surface area contributed by atoms with Crippen molar-refractivity contribution >= 4 is 17.8 Å². The van der Waals surface area contributed by atoms with Gasteiger partial charge in [-0.15, -0.1) is 0 Å². The zero-order valence-corrected chi connectivity index (χ0v) is 32.6. The second-order valence-electron chi connectivity index (χ2n) is 14.2. The minimum atomic E-state index is -0.0940. The van der Waals surface area contributed by atoms with Crippen molar-refractivity contribution in [2.45, 2.75) is 181 Å². The summed E-state index contributed by atoms with van der Waals surface area (Å²) in [6.45, 7) is 6.93. The van der Waals surface area contributed by atoms with Crippen molar-refractivity contribution in [2.75, 3.05) is 40.4 Å². The minimum Gasteiger partial charge on any atom is -0.461 e. The van der Waals surface area contributed by atoms with Crippen LogP contribution >= 0.6 is 0 Å². The largest absolute Gasteiger partial charge is 0.461 e. The summed E-state index contributed by atoms with van der Waals surface area (Å²) in [5.41, 5.74) is 0. The van der Waals surface area contributed by atoms with Gasteiger partial charge in [0.05, 0.1) is 0 Å². The summed E-state index contributed by atoms with van der Waals surface area (Å²) in [7, 11) is 4.11. The van der Waals surface area contributed by atoms with E-state index in [2.05, 4.69) is 50.3 Å². The molecule has 1 amide bonds. The van der Waals surface area contributed by atoms with Crippen molar-refractivity contribution in [3.8, 4) is 0 Å². The van der Waals surface area contributed by atoms with Crippen LogP contribution in [0.15, 0.2) is 24.3 Å². The van der Waals surface area contributed by atoms with Gasteiger partial charge in [-0.2, -0.15) is 0 Å². The van der Waals surface area contributed by atoms with Gasteiger partial charge in [0, 0.05) is 25.8 Å². The lowest BCUT2D eigenvalue weighted by Gasteiger charge is -2.17. The van der Waals surface area contributed by atoms with E-state index in [0.717, 1.165) is 109 Å². The van der Waals surface area contributed by atoms with Crippen molar-refractivity contribution in [1.29, 1.82) is 0 Å². The molecule has 0 aromatic heterocycles. The van der Waals surface area contributed by atoms with Gasteiger partial charge < -0.3 is 19.7 Å². The predicted octanol–water partition coefficient (Wildman–Crippen LogP) is 10.7. The van der Waals surface area contributed by atoms with E-state index >= 15 is 0 Å². The topological polar surface area (TPSA) is 84.9 Å². The fraction of sp³-hybridized carbons (Fsp3) is 0.833. The van der Waals surface area contributed by atoms with Gasteiger partial charge in [-0.3, -0.25) is 14.4 Å². The second-order valence-corrected chi connectivity index (χ2v) is 14.2. The molecule has 49 heavy (non-hydrogen) atoms. The van der Waals surface area contributed by atoms with Crippen molar-refractivity contribution < 1.29 is 23.9 Å². The average molecular weight is 691 g/mol. The first-order valence-corrected chi connectivity index (χ1v) is 20.4. The van der Waals surface area contributed by atoms with Crippen molar-refractivity contribution in [3.05, 3.63) is 24.3 Å². The molecule has 0 aliphatic rings. The highest BCUT2D eigenvalue weighted by atomic mass is 16.5. The number of unbranched alkanes of at least 4 members (excludes halogenated alkanes) is 16. The number of allylic oxidation sites excluding steroid dienone is 2. The first-order valence-electron chi connectivity index (χ1n) is 20.4. The van der Waals surface area contributed by atoms with Crippen LogP contribution in [0, 0.1) is 5.92 Å². The Labute approximate surface area is 302 Å². The third-order valence-electron chi connectivity index (χ3n) is 9.03. The molecule has 0 aromatic carbocycles. The van der Waals surface area contributed by atoms with Crippen molar-refractivity contribution in [2.24, 2.45) is 5.92 Å². The molecule has 1 N–H and O–H groups in total. The molecule has 0 aliphatic heterocycles. The summed E-state index contributed by atoms with van der Waals surface area (Å²) in [6.07, 6.45) is 35.7. The molecule has 7 heteroatoms. The Morgan fingerprint density at radius 1 is 0.571 bits per heavy atom. The SMILES string of the molecule is CCCCCCC=CCOC(=O)CCCCCCCC(CCCCCCCC(=O)OCC=CCCCCCC)CC(=O)NCCCN(C)C. The molecule has 0 saturated carbocycles. The van der Waals surface area contributed by atoms with Crippen LogP contribution < -0.4 is 5.32 Å². The van der Waals surface area contributed by atoms with Crippen LogP contribution in [0.25, 0.3) is 0 Å². The highest BCUT2D eigenvalue weighted by Crippen LogP contribution is 2.22. The monoisotopic (exact) mass is 691 g/mol. The van der Waals surface area contributed by atoms with Gasteiger partial charge in [0.15, 0.2) is 0 Å². The fourth-order valence-electron chi connectivity index (χ4n) is 5.95. The lowest BCUT2D eigenvalue weighted by atomic mass is 9.91. The van der Waals surface area contributed by atoms with Crippen LogP contribution in [-0.2, 0) is 23.9 Å². The number of hydrogen-bond acceptors (Lipinski definition) is 6. The Morgan fingerprint density at radius 2 is 1.02 bits per heavy atom. The van der Waals surface area contributed by atoms with Crippen LogP contribution in [-0.4, -0.2) is 63.1 Å². The summed E-state index contributed by atoms with van der Waals surface area (Å²) >= 11 is 0. The van der Waals surface area contributed by atoms with Crippen LogP contribution in [0.2, 0.25) is 0 Å². The molecule has 0 saturated heterocycles. The van der Waals surface area contributed by atoms with Crippen molar-refractivity contribution in [1.82, 2.24) is 10.2 Å². The third kappa shape index (κ3) is 36.9. The molecule has 0 heterocycles. The summed E-state index contributed by atoms with van der Waals surface area (Å²) in [5, 5.41) is 3.13. The molecule has 0 atom stereocenters. The Kier molecular flexibility index (Phi) is 35.5.